The van der Waals surface area contributed by atoms with Crippen LogP contribution in [0.1, 0.15) is 39.5 Å². The smallest absolute Gasteiger partial charge is 0.306 e. The Morgan fingerprint density at radius 3 is 2.17 bits per heavy atom. The summed E-state index contributed by atoms with van der Waals surface area (Å²) in [7, 11) is 1.60. The van der Waals surface area contributed by atoms with Gasteiger partial charge < -0.3 is 15.2 Å². The van der Waals surface area contributed by atoms with E-state index in [2.05, 4.69) is 5.32 Å². The van der Waals surface area contributed by atoms with Crippen LogP contribution < -0.4 is 5.32 Å². The van der Waals surface area contributed by atoms with Crippen LogP contribution in [0.25, 0.3) is 0 Å². The third-order valence-electron chi connectivity index (χ3n) is 3.41. The van der Waals surface area contributed by atoms with Crippen molar-refractivity contribution in [1.82, 2.24) is 5.32 Å². The molecule has 5 nitrogen and oxygen atoms in total. The van der Waals surface area contributed by atoms with Gasteiger partial charge in [0.05, 0.1) is 18.1 Å². The maximum Gasteiger partial charge on any atom is 0.306 e. The molecule has 0 saturated heterocycles. The first-order valence-electron chi connectivity index (χ1n) is 6.39. The highest BCUT2D eigenvalue weighted by molar-refractivity contribution is 5.80. The van der Waals surface area contributed by atoms with Crippen molar-refractivity contribution in [3.8, 4) is 0 Å². The van der Waals surface area contributed by atoms with E-state index in [0.717, 1.165) is 0 Å². The zero-order chi connectivity index (χ0) is 13.8. The summed E-state index contributed by atoms with van der Waals surface area (Å²) in [5, 5.41) is 11.9. The molecule has 0 spiro atoms. The molecule has 0 aromatic heterocycles. The van der Waals surface area contributed by atoms with Crippen molar-refractivity contribution in [2.24, 2.45) is 11.8 Å². The molecule has 18 heavy (non-hydrogen) atoms. The summed E-state index contributed by atoms with van der Waals surface area (Å²) in [6.07, 6.45) is 2.51. The quantitative estimate of drug-likeness (QED) is 0.781. The Labute approximate surface area is 108 Å². The van der Waals surface area contributed by atoms with Gasteiger partial charge >= 0.3 is 5.97 Å². The standard InChI is InChI=1S/C13H23NO4/c1-13(2,8-18-3)14-11(15)9-4-6-10(7-5-9)12(16)17/h9-10H,4-8H2,1-3H3,(H,14,15)(H,16,17). The molecule has 2 N–H and O–H groups in total. The second-order valence-electron chi connectivity index (χ2n) is 5.69. The van der Waals surface area contributed by atoms with Gasteiger partial charge in [0.15, 0.2) is 0 Å². The minimum atomic E-state index is -0.742. The van der Waals surface area contributed by atoms with Crippen LogP contribution in [0.5, 0.6) is 0 Å². The first kappa shape index (κ1) is 15.0. The van der Waals surface area contributed by atoms with Gasteiger partial charge in [-0.25, -0.2) is 0 Å². The maximum atomic E-state index is 12.1. The number of carbonyl (C=O) groups excluding carboxylic acids is 1. The van der Waals surface area contributed by atoms with Gasteiger partial charge in [0.2, 0.25) is 5.91 Å². The maximum absolute atomic E-state index is 12.1. The molecule has 1 aliphatic carbocycles. The fraction of sp³-hybridized carbons (Fsp3) is 0.846. The highest BCUT2D eigenvalue weighted by Crippen LogP contribution is 2.29. The van der Waals surface area contributed by atoms with Crippen LogP contribution in [0.15, 0.2) is 0 Å². The first-order valence-corrected chi connectivity index (χ1v) is 6.39. The Morgan fingerprint density at radius 2 is 1.72 bits per heavy atom. The van der Waals surface area contributed by atoms with Gasteiger partial charge in [-0.1, -0.05) is 0 Å². The van der Waals surface area contributed by atoms with Crippen LogP contribution in [0.2, 0.25) is 0 Å². The minimum absolute atomic E-state index is 0.0147. The van der Waals surface area contributed by atoms with Crippen molar-refractivity contribution in [1.29, 1.82) is 0 Å². The monoisotopic (exact) mass is 257 g/mol. The molecular formula is C13H23NO4. The lowest BCUT2D eigenvalue weighted by molar-refractivity contribution is -0.144. The van der Waals surface area contributed by atoms with E-state index >= 15 is 0 Å². The molecule has 1 rings (SSSR count). The number of carbonyl (C=O) groups is 2. The van der Waals surface area contributed by atoms with Gasteiger partial charge in [-0.2, -0.15) is 0 Å². The van der Waals surface area contributed by atoms with Crippen LogP contribution in [-0.2, 0) is 14.3 Å². The predicted molar refractivity (Wildman–Crippen MR) is 67.2 cm³/mol. The SMILES string of the molecule is COCC(C)(C)NC(=O)C1CCC(C(=O)O)CC1. The van der Waals surface area contributed by atoms with Gasteiger partial charge in [0.25, 0.3) is 0 Å². The third-order valence-corrected chi connectivity index (χ3v) is 3.41. The van der Waals surface area contributed by atoms with Crippen LogP contribution in [0.3, 0.4) is 0 Å². The summed E-state index contributed by atoms with van der Waals surface area (Å²) in [4.78, 5) is 22.9. The summed E-state index contributed by atoms with van der Waals surface area (Å²) in [6, 6.07) is 0. The van der Waals surface area contributed by atoms with Crippen molar-refractivity contribution in [2.45, 2.75) is 45.1 Å². The van der Waals surface area contributed by atoms with Crippen molar-refractivity contribution in [3.63, 3.8) is 0 Å². The molecule has 1 saturated carbocycles. The van der Waals surface area contributed by atoms with E-state index in [-0.39, 0.29) is 23.3 Å². The zero-order valence-electron chi connectivity index (χ0n) is 11.4. The van der Waals surface area contributed by atoms with Crippen LogP contribution in [-0.4, -0.2) is 36.2 Å². The zero-order valence-corrected chi connectivity index (χ0v) is 11.4. The fourth-order valence-corrected chi connectivity index (χ4v) is 2.44. The Morgan fingerprint density at radius 1 is 1.22 bits per heavy atom. The number of ether oxygens (including phenoxy) is 1. The second-order valence-corrected chi connectivity index (χ2v) is 5.69. The molecule has 104 valence electrons. The molecule has 0 aromatic carbocycles. The molecule has 0 aliphatic heterocycles. The van der Waals surface area contributed by atoms with E-state index in [1.54, 1.807) is 7.11 Å². The molecule has 1 fully saturated rings. The van der Waals surface area contributed by atoms with E-state index in [4.69, 9.17) is 9.84 Å². The van der Waals surface area contributed by atoms with E-state index in [0.29, 0.717) is 32.3 Å². The Bertz CT molecular complexity index is 306. The minimum Gasteiger partial charge on any atom is -0.481 e. The number of methoxy groups -OCH3 is 1. The third kappa shape index (κ3) is 4.29. The summed E-state index contributed by atoms with van der Waals surface area (Å²) >= 11 is 0. The van der Waals surface area contributed by atoms with Crippen LogP contribution in [0.4, 0.5) is 0 Å². The molecule has 0 heterocycles. The number of amides is 1. The van der Waals surface area contributed by atoms with Gasteiger partial charge in [-0.15, -0.1) is 0 Å². The lowest BCUT2D eigenvalue weighted by Gasteiger charge is -2.30. The second kappa shape index (κ2) is 6.18. The fourth-order valence-electron chi connectivity index (χ4n) is 2.44. The van der Waals surface area contributed by atoms with E-state index in [1.165, 1.54) is 0 Å². The van der Waals surface area contributed by atoms with Gasteiger partial charge in [0.1, 0.15) is 0 Å². The van der Waals surface area contributed by atoms with Gasteiger partial charge in [0, 0.05) is 13.0 Å². The summed E-state index contributed by atoms with van der Waals surface area (Å²) in [5.41, 5.74) is -0.379. The number of carboxylic acids is 1. The number of hydrogen-bond donors (Lipinski definition) is 2. The molecule has 5 heteroatoms. The van der Waals surface area contributed by atoms with Gasteiger partial charge in [-0.3, -0.25) is 9.59 Å². The normalized spacial score (nSPS) is 24.6. The Kier molecular flexibility index (Phi) is 5.14. The van der Waals surface area contributed by atoms with Crippen molar-refractivity contribution >= 4 is 11.9 Å². The van der Waals surface area contributed by atoms with Crippen LogP contribution in [0, 0.1) is 11.8 Å². The van der Waals surface area contributed by atoms with Crippen LogP contribution >= 0.6 is 0 Å². The van der Waals surface area contributed by atoms with E-state index in [9.17, 15) is 9.59 Å². The Hall–Kier alpha value is -1.10. The van der Waals surface area contributed by atoms with Crippen molar-refractivity contribution < 1.29 is 19.4 Å². The molecule has 0 aromatic rings. The molecule has 0 atom stereocenters. The lowest BCUT2D eigenvalue weighted by Crippen LogP contribution is -2.49. The highest BCUT2D eigenvalue weighted by Gasteiger charge is 2.31. The number of aliphatic carboxylic acids is 1. The molecule has 0 radical (unpaired) electrons. The average molecular weight is 257 g/mol. The number of nitrogens with one attached hydrogen (secondary N) is 1. The topological polar surface area (TPSA) is 75.6 Å². The van der Waals surface area contributed by atoms with Crippen molar-refractivity contribution in [3.05, 3.63) is 0 Å². The Balaban J connectivity index is 2.43. The summed E-state index contributed by atoms with van der Waals surface area (Å²) in [6.45, 7) is 4.29. The van der Waals surface area contributed by atoms with Crippen molar-refractivity contribution in [2.75, 3.05) is 13.7 Å². The number of rotatable bonds is 5. The molecule has 1 amide bonds. The highest BCUT2D eigenvalue weighted by atomic mass is 16.5. The van der Waals surface area contributed by atoms with E-state index < -0.39 is 5.97 Å². The molecular weight excluding hydrogens is 234 g/mol. The molecule has 0 bridgehead atoms. The number of carboxylic acid groups (broad SMARTS) is 1. The first-order chi connectivity index (χ1) is 8.35. The lowest BCUT2D eigenvalue weighted by atomic mass is 9.81. The largest absolute Gasteiger partial charge is 0.481 e. The number of hydrogen-bond acceptors (Lipinski definition) is 3. The summed E-state index contributed by atoms with van der Waals surface area (Å²) in [5.74, 6) is -1.06. The molecule has 0 unspecified atom stereocenters. The summed E-state index contributed by atoms with van der Waals surface area (Å²) < 4.78 is 5.05. The molecule has 1 aliphatic rings. The predicted octanol–water partition coefficient (Wildman–Crippen LogP) is 1.42. The van der Waals surface area contributed by atoms with Gasteiger partial charge in [-0.05, 0) is 39.5 Å². The van der Waals surface area contributed by atoms with E-state index in [1.807, 2.05) is 13.8 Å². The average Bonchev–Trinajstić information content (AvgIpc) is 2.28.